The summed E-state index contributed by atoms with van der Waals surface area (Å²) in [5.74, 6) is -3.31. The lowest BCUT2D eigenvalue weighted by atomic mass is 9.71. The second-order valence-electron chi connectivity index (χ2n) is 22.4. The summed E-state index contributed by atoms with van der Waals surface area (Å²) in [5.41, 5.74) is 5.87. The summed E-state index contributed by atoms with van der Waals surface area (Å²) in [7, 11) is 0. The maximum Gasteiger partial charge on any atom is 0.347 e. The van der Waals surface area contributed by atoms with Crippen LogP contribution in [-0.4, -0.2) is 156 Å². The van der Waals surface area contributed by atoms with Gasteiger partial charge < -0.3 is 45.9 Å². The molecule has 1 aliphatic carbocycles. The third kappa shape index (κ3) is 11.3. The average Bonchev–Trinajstić information content (AvgIpc) is 3.11. The molecule has 7 amide bonds. The molecular weight excluding hydrogens is 1080 g/mol. The number of aromatic amines is 3. The van der Waals surface area contributed by atoms with E-state index in [1.54, 1.807) is 36.5 Å². The Morgan fingerprint density at radius 3 is 1.78 bits per heavy atom. The summed E-state index contributed by atoms with van der Waals surface area (Å²) < 4.78 is 1.46. The van der Waals surface area contributed by atoms with Crippen LogP contribution in [0.1, 0.15) is 92.0 Å². The van der Waals surface area contributed by atoms with E-state index in [1.165, 1.54) is 51.4 Å². The fourth-order valence-corrected chi connectivity index (χ4v) is 12.5. The van der Waals surface area contributed by atoms with E-state index in [0.29, 0.717) is 73.1 Å². The number of imidazole rings is 2. The summed E-state index contributed by atoms with van der Waals surface area (Å²) >= 11 is 0. The predicted molar refractivity (Wildman–Crippen MR) is 309 cm³/mol. The standard InChI is InChI=1S/C61H64N16O8/c1-36(67-53(78)39-18-23-62-24-19-39)57(82)74-25-5-11-48(74)54(79)69-46(29-41-32-63-34-65-41)58(83)75-26-6-12-49(75)55(80)70-47(30-42-33-64-35-66-42)59(84)76-27-7-13-50(76)56(81)71-61(21-8-22-61)40-16-14-38(15-17-40)51-43(37-9-3-2-4-10-37)31-44-45(68-51)20-28-77-52(44)72-73-60(77)85/h2-4,9-10,14-20,23-24,28,31-36,46-50H,5-8,11-13,21-22,25-27,29-30H2,1H3,(H,63,65)(H,64,66)(H,67,78)(H,69,79)(H,70,80)(H,71,81)(H,73,85)/t36-,46+,47+,48+,49+,50+/m1/s1. The Labute approximate surface area is 487 Å². The summed E-state index contributed by atoms with van der Waals surface area (Å²) in [6, 6.07) is 18.8. The molecular formula is C61H64N16O8. The van der Waals surface area contributed by atoms with Gasteiger partial charge >= 0.3 is 5.69 Å². The van der Waals surface area contributed by atoms with Crippen molar-refractivity contribution >= 4 is 57.9 Å². The number of hydrogen-bond donors (Lipinski definition) is 7. The van der Waals surface area contributed by atoms with E-state index in [-0.39, 0.29) is 50.5 Å². The summed E-state index contributed by atoms with van der Waals surface area (Å²) in [5, 5.41) is 19.5. The van der Waals surface area contributed by atoms with Crippen molar-refractivity contribution < 1.29 is 33.6 Å². The fraction of sp³-hybridized carbons (Fsp3) is 0.361. The van der Waals surface area contributed by atoms with Crippen molar-refractivity contribution in [1.82, 2.24) is 80.5 Å². The van der Waals surface area contributed by atoms with Crippen LogP contribution in [0.3, 0.4) is 0 Å². The second kappa shape index (κ2) is 23.8. The van der Waals surface area contributed by atoms with Gasteiger partial charge in [0.2, 0.25) is 35.4 Å². The van der Waals surface area contributed by atoms with Crippen LogP contribution in [0, 0.1) is 0 Å². The smallest absolute Gasteiger partial charge is 0.347 e. The molecule has 24 nitrogen and oxygen atoms in total. The van der Waals surface area contributed by atoms with Gasteiger partial charge in [-0.05, 0) is 100 Å². The Morgan fingerprint density at radius 2 is 1.22 bits per heavy atom. The first kappa shape index (κ1) is 55.7. The number of likely N-dealkylation sites (tertiary alicyclic amines) is 3. The highest BCUT2D eigenvalue weighted by atomic mass is 16.2. The van der Waals surface area contributed by atoms with Crippen molar-refractivity contribution in [3.8, 4) is 22.4 Å². The highest BCUT2D eigenvalue weighted by molar-refractivity contribution is 6.01. The molecule has 4 fully saturated rings. The molecule has 3 saturated heterocycles. The van der Waals surface area contributed by atoms with Gasteiger partial charge in [0.15, 0.2) is 5.65 Å². The van der Waals surface area contributed by atoms with Crippen molar-refractivity contribution in [3.63, 3.8) is 0 Å². The third-order valence-electron chi connectivity index (χ3n) is 17.1. The Balaban J connectivity index is 0.733. The van der Waals surface area contributed by atoms with Crippen molar-refractivity contribution in [2.24, 2.45) is 0 Å². The predicted octanol–water partition coefficient (Wildman–Crippen LogP) is 3.49. The number of nitrogens with one attached hydrogen (secondary N) is 7. The molecule has 0 spiro atoms. The molecule has 6 atom stereocenters. The maximum atomic E-state index is 15.0. The highest BCUT2D eigenvalue weighted by Gasteiger charge is 2.46. The lowest BCUT2D eigenvalue weighted by Crippen LogP contribution is -2.60. The van der Waals surface area contributed by atoms with Gasteiger partial charge in [-0.2, -0.15) is 5.10 Å². The first-order valence-corrected chi connectivity index (χ1v) is 28.9. The van der Waals surface area contributed by atoms with Gasteiger partial charge in [-0.3, -0.25) is 38.5 Å². The van der Waals surface area contributed by atoms with Gasteiger partial charge in [0.25, 0.3) is 5.91 Å². The summed E-state index contributed by atoms with van der Waals surface area (Å²) in [6.07, 6.45) is 15.5. The third-order valence-corrected chi connectivity index (χ3v) is 17.1. The van der Waals surface area contributed by atoms with Gasteiger partial charge in [0, 0.05) is 96.9 Å². The largest absolute Gasteiger partial charge is 0.348 e. The number of benzene rings is 2. The maximum absolute atomic E-state index is 15.0. The molecule has 7 N–H and O–H groups in total. The van der Waals surface area contributed by atoms with Crippen LogP contribution in [0.25, 0.3) is 38.9 Å². The van der Waals surface area contributed by atoms with E-state index < -0.39 is 77.2 Å². The van der Waals surface area contributed by atoms with Gasteiger partial charge in [0.1, 0.15) is 36.3 Å². The quantitative estimate of drug-likeness (QED) is 0.0648. The van der Waals surface area contributed by atoms with Gasteiger partial charge in [-0.15, -0.1) is 0 Å². The lowest BCUT2D eigenvalue weighted by molar-refractivity contribution is -0.145. The van der Waals surface area contributed by atoms with Crippen LogP contribution in [0.5, 0.6) is 0 Å². The highest BCUT2D eigenvalue weighted by Crippen LogP contribution is 2.43. The topological polar surface area (TPSA) is 311 Å². The molecule has 8 aromatic rings. The molecule has 9 heterocycles. The molecule has 0 bridgehead atoms. The first-order valence-electron chi connectivity index (χ1n) is 28.9. The Hall–Kier alpha value is -9.87. The SMILES string of the molecule is C[C@@H](NC(=O)c1ccncc1)C(=O)N1CCC[C@H]1C(=O)N[C@@H](Cc1cnc[nH]1)C(=O)N1CCC[C@H]1C(=O)N[C@@H](Cc1cnc[nH]1)C(=O)N1CCC[C@H]1C(=O)NC1(c2ccc(-c3nc4ccn5c(=O)[nH]nc5c4cc3-c3ccccc3)cc2)CCC1. The molecule has 0 radical (unpaired) electrons. The number of nitrogens with zero attached hydrogens (tertiary/aromatic N) is 9. The Bertz CT molecular complexity index is 3850. The summed E-state index contributed by atoms with van der Waals surface area (Å²) in [4.78, 5) is 140. The monoisotopic (exact) mass is 1150 g/mol. The lowest BCUT2D eigenvalue weighted by Gasteiger charge is -2.44. The molecule has 3 aliphatic heterocycles. The number of pyridine rings is 3. The van der Waals surface area contributed by atoms with E-state index in [2.05, 4.69) is 56.4 Å². The molecule has 1 saturated carbocycles. The minimum absolute atomic E-state index is 0.000734. The molecule has 4 aliphatic rings. The summed E-state index contributed by atoms with van der Waals surface area (Å²) in [6.45, 7) is 2.30. The van der Waals surface area contributed by atoms with Gasteiger partial charge in [-0.1, -0.05) is 54.6 Å². The number of carbonyl (C=O) groups excluding carboxylic acids is 7. The fourth-order valence-electron chi connectivity index (χ4n) is 12.5. The van der Waals surface area contributed by atoms with Crippen LogP contribution in [0.2, 0.25) is 0 Å². The van der Waals surface area contributed by atoms with Crippen molar-refractivity contribution in [3.05, 3.63) is 156 Å². The van der Waals surface area contributed by atoms with E-state index in [4.69, 9.17) is 4.98 Å². The van der Waals surface area contributed by atoms with Crippen molar-refractivity contribution in [1.29, 1.82) is 0 Å². The van der Waals surface area contributed by atoms with E-state index in [1.807, 2.05) is 60.7 Å². The van der Waals surface area contributed by atoms with E-state index in [9.17, 15) is 38.4 Å². The Morgan fingerprint density at radius 1 is 0.647 bits per heavy atom. The normalized spacial score (nSPS) is 19.3. The number of H-pyrrole nitrogens is 3. The van der Waals surface area contributed by atoms with Crippen LogP contribution in [0.4, 0.5) is 0 Å². The molecule has 12 rings (SSSR count). The number of carbonyl (C=O) groups is 7. The number of fused-ring (bicyclic) bond motifs is 3. The molecule has 24 heteroatoms. The minimum Gasteiger partial charge on any atom is -0.348 e. The van der Waals surface area contributed by atoms with Crippen LogP contribution in [-0.2, 0) is 47.1 Å². The second-order valence-corrected chi connectivity index (χ2v) is 22.4. The first-order chi connectivity index (χ1) is 41.3. The zero-order chi connectivity index (χ0) is 58.8. The van der Waals surface area contributed by atoms with E-state index >= 15 is 0 Å². The van der Waals surface area contributed by atoms with Gasteiger partial charge in [-0.25, -0.2) is 29.2 Å². The van der Waals surface area contributed by atoms with Crippen LogP contribution in [0.15, 0.2) is 127 Å². The molecule has 6 aromatic heterocycles. The van der Waals surface area contributed by atoms with Crippen molar-refractivity contribution in [2.45, 2.75) is 119 Å². The number of aromatic nitrogens is 9. The molecule has 0 unspecified atom stereocenters. The molecule has 85 heavy (non-hydrogen) atoms. The zero-order valence-corrected chi connectivity index (χ0v) is 46.7. The molecule has 2 aromatic carbocycles. The Kier molecular flexibility index (Phi) is 15.6. The zero-order valence-electron chi connectivity index (χ0n) is 46.7. The number of rotatable bonds is 18. The van der Waals surface area contributed by atoms with E-state index in [0.717, 1.165) is 39.8 Å². The number of hydrogen-bond acceptors (Lipinski definition) is 13. The van der Waals surface area contributed by atoms with Crippen LogP contribution >= 0.6 is 0 Å². The van der Waals surface area contributed by atoms with Gasteiger partial charge in [0.05, 0.1) is 29.4 Å². The van der Waals surface area contributed by atoms with Crippen LogP contribution < -0.4 is 27.0 Å². The van der Waals surface area contributed by atoms with Crippen molar-refractivity contribution in [2.75, 3.05) is 19.6 Å². The molecule has 436 valence electrons. The minimum atomic E-state index is -1.18. The average molecular weight is 1150 g/mol. The number of amides is 7.